The van der Waals surface area contributed by atoms with Gasteiger partial charge in [-0.3, -0.25) is 4.40 Å². The number of aryl methyl sites for hydroxylation is 2. The summed E-state index contributed by atoms with van der Waals surface area (Å²) in [5.41, 5.74) is 4.85. The number of rotatable bonds is 7. The Hall–Kier alpha value is -3.23. The van der Waals surface area contributed by atoms with E-state index in [2.05, 4.69) is 27.2 Å². The maximum atomic E-state index is 13.1. The van der Waals surface area contributed by atoms with Gasteiger partial charge in [-0.05, 0) is 87.3 Å². The lowest BCUT2D eigenvalue weighted by Crippen LogP contribution is -2.37. The first kappa shape index (κ1) is 23.5. The zero-order chi connectivity index (χ0) is 24.4. The molecule has 0 atom stereocenters. The second-order valence-corrected chi connectivity index (χ2v) is 11.4. The average molecular weight is 491 g/mol. The van der Waals surface area contributed by atoms with Gasteiger partial charge < -0.3 is 9.64 Å². The minimum atomic E-state index is -3.33. The molecule has 0 amide bonds. The van der Waals surface area contributed by atoms with Crippen molar-refractivity contribution in [3.8, 4) is 16.9 Å². The molecule has 0 spiro atoms. The molecule has 0 unspecified atom stereocenters. The SMILES string of the molecule is COc1ccccc1CCc1ccc(-c2ccc(S(=O)(=O)C3CCN(C)CC3)cc2)c2nncn12. The minimum Gasteiger partial charge on any atom is -0.496 e. The normalized spacial score (nSPS) is 15.5. The van der Waals surface area contributed by atoms with E-state index in [4.69, 9.17) is 4.74 Å². The molecule has 7 nitrogen and oxygen atoms in total. The molecule has 1 saturated heterocycles. The van der Waals surface area contributed by atoms with Crippen molar-refractivity contribution in [2.24, 2.45) is 0 Å². The van der Waals surface area contributed by atoms with Gasteiger partial charge in [0, 0.05) is 11.3 Å². The Morgan fingerprint density at radius 1 is 0.971 bits per heavy atom. The van der Waals surface area contributed by atoms with Crippen LogP contribution in [0.3, 0.4) is 0 Å². The molecule has 8 heteroatoms. The first-order valence-electron chi connectivity index (χ1n) is 11.9. The number of fused-ring (bicyclic) bond motifs is 1. The lowest BCUT2D eigenvalue weighted by molar-refractivity contribution is 0.277. The predicted octanol–water partition coefficient (Wildman–Crippen LogP) is 4.06. The third-order valence-electron chi connectivity index (χ3n) is 6.98. The van der Waals surface area contributed by atoms with Crippen LogP contribution in [-0.4, -0.2) is 60.4 Å². The van der Waals surface area contributed by atoms with Crippen LogP contribution in [0.5, 0.6) is 5.75 Å². The predicted molar refractivity (Wildman–Crippen MR) is 137 cm³/mol. The number of pyridine rings is 1. The highest BCUT2D eigenvalue weighted by Gasteiger charge is 2.30. The van der Waals surface area contributed by atoms with E-state index in [1.807, 2.05) is 47.8 Å². The lowest BCUT2D eigenvalue weighted by Gasteiger charge is -2.28. The second-order valence-electron chi connectivity index (χ2n) is 9.15. The summed E-state index contributed by atoms with van der Waals surface area (Å²) in [5, 5.41) is 8.20. The number of methoxy groups -OCH3 is 1. The van der Waals surface area contributed by atoms with Gasteiger partial charge in [-0.25, -0.2) is 8.42 Å². The van der Waals surface area contributed by atoms with Crippen molar-refractivity contribution in [1.29, 1.82) is 0 Å². The molecule has 2 aromatic carbocycles. The van der Waals surface area contributed by atoms with Gasteiger partial charge in [0.25, 0.3) is 0 Å². The number of piperidine rings is 1. The molecule has 5 rings (SSSR count). The maximum Gasteiger partial charge on any atom is 0.181 e. The summed E-state index contributed by atoms with van der Waals surface area (Å²) in [5.74, 6) is 0.888. The highest BCUT2D eigenvalue weighted by Crippen LogP contribution is 2.29. The molecule has 0 bridgehead atoms. The zero-order valence-electron chi connectivity index (χ0n) is 20.1. The summed E-state index contributed by atoms with van der Waals surface area (Å²) in [7, 11) is 0.392. The molecule has 2 aromatic heterocycles. The van der Waals surface area contributed by atoms with E-state index in [0.717, 1.165) is 59.7 Å². The van der Waals surface area contributed by atoms with Crippen molar-refractivity contribution in [2.45, 2.75) is 35.8 Å². The first-order chi connectivity index (χ1) is 17.0. The van der Waals surface area contributed by atoms with Crippen LogP contribution in [-0.2, 0) is 22.7 Å². The lowest BCUT2D eigenvalue weighted by atomic mass is 10.0. The Labute approximate surface area is 206 Å². The van der Waals surface area contributed by atoms with Gasteiger partial charge >= 0.3 is 0 Å². The van der Waals surface area contributed by atoms with E-state index in [1.54, 1.807) is 25.6 Å². The van der Waals surface area contributed by atoms with Crippen molar-refractivity contribution in [2.75, 3.05) is 27.2 Å². The van der Waals surface area contributed by atoms with Crippen LogP contribution < -0.4 is 4.74 Å². The maximum absolute atomic E-state index is 13.1. The molecule has 0 saturated carbocycles. The third kappa shape index (κ3) is 4.68. The van der Waals surface area contributed by atoms with Gasteiger partial charge in [0.15, 0.2) is 15.5 Å². The van der Waals surface area contributed by atoms with Crippen molar-refractivity contribution in [3.05, 3.63) is 78.2 Å². The number of nitrogens with zero attached hydrogens (tertiary/aromatic N) is 4. The van der Waals surface area contributed by atoms with Gasteiger partial charge in [-0.2, -0.15) is 0 Å². The Morgan fingerprint density at radius 3 is 2.46 bits per heavy atom. The number of aromatic nitrogens is 3. The standard InChI is InChI=1S/C27H30N4O3S/c1-30-17-15-24(16-18-30)35(32,33)23-12-8-20(9-13-23)25-14-11-22(31-19-28-29-27(25)31)10-7-21-5-3-4-6-26(21)34-2/h3-6,8-9,11-14,19,24H,7,10,15-18H2,1-2H3. The van der Waals surface area contributed by atoms with E-state index in [9.17, 15) is 8.42 Å². The fourth-order valence-electron chi connectivity index (χ4n) is 4.88. The Kier molecular flexibility index (Phi) is 6.58. The Morgan fingerprint density at radius 2 is 1.71 bits per heavy atom. The number of benzene rings is 2. The van der Waals surface area contributed by atoms with Crippen molar-refractivity contribution in [1.82, 2.24) is 19.5 Å². The molecular weight excluding hydrogens is 460 g/mol. The molecule has 1 aliphatic heterocycles. The topological polar surface area (TPSA) is 76.8 Å². The summed E-state index contributed by atoms with van der Waals surface area (Å²) < 4.78 is 33.8. The average Bonchev–Trinajstić information content (AvgIpc) is 3.38. The molecule has 182 valence electrons. The number of para-hydroxylation sites is 1. The van der Waals surface area contributed by atoms with Gasteiger partial charge in [0.1, 0.15) is 12.1 Å². The number of sulfone groups is 1. The first-order valence-corrected chi connectivity index (χ1v) is 13.5. The fourth-order valence-corrected chi connectivity index (χ4v) is 6.61. The third-order valence-corrected chi connectivity index (χ3v) is 9.26. The highest BCUT2D eigenvalue weighted by molar-refractivity contribution is 7.92. The van der Waals surface area contributed by atoms with Gasteiger partial charge in [0.05, 0.1) is 17.3 Å². The van der Waals surface area contributed by atoms with Crippen LogP contribution in [0.2, 0.25) is 0 Å². The Bertz CT molecular complexity index is 1420. The molecule has 35 heavy (non-hydrogen) atoms. The highest BCUT2D eigenvalue weighted by atomic mass is 32.2. The zero-order valence-corrected chi connectivity index (χ0v) is 20.9. The van der Waals surface area contributed by atoms with Crippen molar-refractivity contribution >= 4 is 15.5 Å². The Balaban J connectivity index is 1.38. The quantitative estimate of drug-likeness (QED) is 0.389. The number of ether oxygens (including phenoxy) is 1. The van der Waals surface area contributed by atoms with Crippen LogP contribution in [0.4, 0.5) is 0 Å². The van der Waals surface area contributed by atoms with Gasteiger partial charge in [0.2, 0.25) is 0 Å². The van der Waals surface area contributed by atoms with Crippen LogP contribution in [0.15, 0.2) is 71.9 Å². The van der Waals surface area contributed by atoms with Crippen LogP contribution in [0.1, 0.15) is 24.1 Å². The monoisotopic (exact) mass is 490 g/mol. The smallest absolute Gasteiger partial charge is 0.181 e. The summed E-state index contributed by atoms with van der Waals surface area (Å²) in [6, 6.07) is 19.4. The van der Waals surface area contributed by atoms with E-state index >= 15 is 0 Å². The second kappa shape index (κ2) is 9.79. The molecule has 0 radical (unpaired) electrons. The molecule has 4 aromatic rings. The summed E-state index contributed by atoms with van der Waals surface area (Å²) in [4.78, 5) is 2.57. The van der Waals surface area contributed by atoms with Crippen LogP contribution in [0.25, 0.3) is 16.8 Å². The van der Waals surface area contributed by atoms with Crippen LogP contribution in [0, 0.1) is 0 Å². The molecule has 1 aliphatic rings. The summed E-state index contributed by atoms with van der Waals surface area (Å²) >= 11 is 0. The molecule has 1 fully saturated rings. The number of likely N-dealkylation sites (tertiary alicyclic amines) is 1. The molecule has 3 heterocycles. The number of hydrogen-bond acceptors (Lipinski definition) is 6. The largest absolute Gasteiger partial charge is 0.496 e. The number of hydrogen-bond donors (Lipinski definition) is 0. The van der Waals surface area contributed by atoms with E-state index in [-0.39, 0.29) is 5.25 Å². The van der Waals surface area contributed by atoms with Crippen molar-refractivity contribution in [3.63, 3.8) is 0 Å². The van der Waals surface area contributed by atoms with Gasteiger partial charge in [-0.1, -0.05) is 30.3 Å². The molecule has 0 N–H and O–H groups in total. The summed E-state index contributed by atoms with van der Waals surface area (Å²) in [6.45, 7) is 1.63. The minimum absolute atomic E-state index is 0.310. The summed E-state index contributed by atoms with van der Waals surface area (Å²) in [6.07, 6.45) is 4.73. The fraction of sp³-hybridized carbons (Fsp3) is 0.333. The van der Waals surface area contributed by atoms with Gasteiger partial charge in [-0.15, -0.1) is 10.2 Å². The van der Waals surface area contributed by atoms with Crippen LogP contribution >= 0.6 is 0 Å². The van der Waals surface area contributed by atoms with E-state index < -0.39 is 9.84 Å². The van der Waals surface area contributed by atoms with Crippen molar-refractivity contribution < 1.29 is 13.2 Å². The van der Waals surface area contributed by atoms with E-state index in [0.29, 0.717) is 17.7 Å². The van der Waals surface area contributed by atoms with E-state index in [1.165, 1.54) is 0 Å². The molecular formula is C27H30N4O3S. The molecule has 0 aliphatic carbocycles.